The van der Waals surface area contributed by atoms with Gasteiger partial charge < -0.3 is 10.2 Å². The molecule has 0 spiro atoms. The van der Waals surface area contributed by atoms with Crippen molar-refractivity contribution in [3.8, 4) is 0 Å². The number of carbonyl (C=O) groups excluding carboxylic acids is 1. The molecule has 1 aliphatic rings. The zero-order valence-electron chi connectivity index (χ0n) is 9.59. The maximum atomic E-state index is 11.9. The third-order valence-corrected chi connectivity index (χ3v) is 2.90. The average molecular weight is 222 g/mol. The Bertz CT molecular complexity index is 336. The quantitative estimate of drug-likeness (QED) is 0.788. The summed E-state index contributed by atoms with van der Waals surface area (Å²) in [4.78, 5) is 13.9. The van der Waals surface area contributed by atoms with Crippen molar-refractivity contribution in [2.24, 2.45) is 0 Å². The van der Waals surface area contributed by atoms with E-state index in [1.807, 2.05) is 28.8 Å². The van der Waals surface area contributed by atoms with Crippen LogP contribution >= 0.6 is 0 Å². The molecule has 1 fully saturated rings. The van der Waals surface area contributed by atoms with Crippen LogP contribution < -0.4 is 5.32 Å². The van der Waals surface area contributed by atoms with Gasteiger partial charge in [-0.1, -0.05) is 0 Å². The van der Waals surface area contributed by atoms with Crippen molar-refractivity contribution in [1.29, 1.82) is 0 Å². The topological polar surface area (TPSA) is 50.2 Å². The molecule has 5 heteroatoms. The minimum atomic E-state index is -0.0554. The van der Waals surface area contributed by atoms with Crippen LogP contribution in [0.4, 0.5) is 0 Å². The highest BCUT2D eigenvalue weighted by atomic mass is 16.2. The van der Waals surface area contributed by atoms with Crippen molar-refractivity contribution in [1.82, 2.24) is 20.0 Å². The van der Waals surface area contributed by atoms with Crippen LogP contribution in [0.5, 0.6) is 0 Å². The zero-order chi connectivity index (χ0) is 11.4. The third kappa shape index (κ3) is 2.61. The van der Waals surface area contributed by atoms with Crippen LogP contribution in [0.15, 0.2) is 18.5 Å². The summed E-state index contributed by atoms with van der Waals surface area (Å²) < 4.78 is 1.86. The van der Waals surface area contributed by atoms with Gasteiger partial charge in [0.1, 0.15) is 0 Å². The molecule has 1 aliphatic heterocycles. The minimum absolute atomic E-state index is 0.0554. The van der Waals surface area contributed by atoms with E-state index in [1.165, 1.54) is 0 Å². The van der Waals surface area contributed by atoms with Crippen LogP contribution in [0.1, 0.15) is 13.3 Å². The molecule has 16 heavy (non-hydrogen) atoms. The Morgan fingerprint density at radius 2 is 2.44 bits per heavy atom. The Morgan fingerprint density at radius 3 is 3.19 bits per heavy atom. The lowest BCUT2D eigenvalue weighted by Gasteiger charge is -2.22. The summed E-state index contributed by atoms with van der Waals surface area (Å²) in [6.07, 6.45) is 4.70. The predicted molar refractivity (Wildman–Crippen MR) is 60.9 cm³/mol. The van der Waals surface area contributed by atoms with E-state index >= 15 is 0 Å². The first-order chi connectivity index (χ1) is 7.77. The second-order valence-corrected chi connectivity index (χ2v) is 4.12. The van der Waals surface area contributed by atoms with Crippen LogP contribution in [-0.4, -0.2) is 46.3 Å². The molecule has 5 nitrogen and oxygen atoms in total. The van der Waals surface area contributed by atoms with Crippen LogP contribution in [0.3, 0.4) is 0 Å². The van der Waals surface area contributed by atoms with Gasteiger partial charge in [0.05, 0.1) is 12.6 Å². The van der Waals surface area contributed by atoms with E-state index in [0.29, 0.717) is 0 Å². The average Bonchev–Trinajstić information content (AvgIpc) is 2.74. The van der Waals surface area contributed by atoms with Crippen molar-refractivity contribution < 1.29 is 4.79 Å². The molecule has 0 aliphatic carbocycles. The number of rotatable bonds is 3. The molecule has 1 saturated heterocycles. The Hall–Kier alpha value is -1.36. The van der Waals surface area contributed by atoms with Crippen molar-refractivity contribution in [3.63, 3.8) is 0 Å². The molecule has 0 radical (unpaired) electrons. The van der Waals surface area contributed by atoms with Crippen LogP contribution in [0.2, 0.25) is 0 Å². The van der Waals surface area contributed by atoms with Crippen LogP contribution in [0.25, 0.3) is 0 Å². The van der Waals surface area contributed by atoms with Crippen molar-refractivity contribution in [3.05, 3.63) is 18.5 Å². The van der Waals surface area contributed by atoms with E-state index < -0.39 is 0 Å². The van der Waals surface area contributed by atoms with E-state index in [1.54, 1.807) is 6.20 Å². The Kier molecular flexibility index (Phi) is 3.56. The summed E-state index contributed by atoms with van der Waals surface area (Å²) in [5, 5.41) is 7.33. The highest BCUT2D eigenvalue weighted by Crippen LogP contribution is 2.02. The van der Waals surface area contributed by atoms with Gasteiger partial charge in [-0.2, -0.15) is 5.10 Å². The Labute approximate surface area is 95.4 Å². The molecule has 1 aromatic heterocycles. The molecule has 1 atom stereocenters. The van der Waals surface area contributed by atoms with Crippen molar-refractivity contribution >= 4 is 5.91 Å². The number of nitrogens with one attached hydrogen (secondary N) is 1. The molecule has 1 amide bonds. The summed E-state index contributed by atoms with van der Waals surface area (Å²) in [6.45, 7) is 5.20. The molecular weight excluding hydrogens is 204 g/mol. The monoisotopic (exact) mass is 222 g/mol. The normalized spacial score (nSPS) is 22.2. The van der Waals surface area contributed by atoms with Gasteiger partial charge in [0.15, 0.2) is 0 Å². The predicted octanol–water partition coefficient (Wildman–Crippen LogP) is 0.0935. The van der Waals surface area contributed by atoms with Crippen molar-refractivity contribution in [2.45, 2.75) is 25.9 Å². The van der Waals surface area contributed by atoms with E-state index in [4.69, 9.17) is 0 Å². The molecule has 0 aromatic carbocycles. The van der Waals surface area contributed by atoms with E-state index in [9.17, 15) is 4.79 Å². The van der Waals surface area contributed by atoms with Gasteiger partial charge in [-0.05, 0) is 26.0 Å². The molecule has 1 N–H and O–H groups in total. The standard InChI is InChI=1S/C11H18N4O/c1-10-11(16)14(6-2-4-12-10)8-9-15-7-3-5-13-15/h3,5,7,10,12H,2,4,6,8-9H2,1H3. The highest BCUT2D eigenvalue weighted by Gasteiger charge is 2.22. The molecule has 0 saturated carbocycles. The lowest BCUT2D eigenvalue weighted by molar-refractivity contribution is -0.132. The van der Waals surface area contributed by atoms with Gasteiger partial charge in [0, 0.05) is 25.5 Å². The fourth-order valence-electron chi connectivity index (χ4n) is 1.94. The lowest BCUT2D eigenvalue weighted by atomic mass is 10.3. The van der Waals surface area contributed by atoms with Gasteiger partial charge in [0.2, 0.25) is 5.91 Å². The molecule has 2 rings (SSSR count). The highest BCUT2D eigenvalue weighted by molar-refractivity contribution is 5.81. The van der Waals surface area contributed by atoms with E-state index in [0.717, 1.165) is 32.6 Å². The van der Waals surface area contributed by atoms with Gasteiger partial charge in [0.25, 0.3) is 0 Å². The maximum Gasteiger partial charge on any atom is 0.239 e. The minimum Gasteiger partial charge on any atom is -0.339 e. The molecular formula is C11H18N4O. The molecule has 1 aromatic rings. The second-order valence-electron chi connectivity index (χ2n) is 4.12. The fraction of sp³-hybridized carbons (Fsp3) is 0.636. The Morgan fingerprint density at radius 1 is 1.56 bits per heavy atom. The van der Waals surface area contributed by atoms with E-state index in [2.05, 4.69) is 10.4 Å². The number of carbonyl (C=O) groups is 1. The lowest BCUT2D eigenvalue weighted by Crippen LogP contribution is -2.42. The molecule has 2 heterocycles. The summed E-state index contributed by atoms with van der Waals surface area (Å²) in [7, 11) is 0. The van der Waals surface area contributed by atoms with Gasteiger partial charge >= 0.3 is 0 Å². The maximum absolute atomic E-state index is 11.9. The van der Waals surface area contributed by atoms with E-state index in [-0.39, 0.29) is 11.9 Å². The Balaban J connectivity index is 1.89. The summed E-state index contributed by atoms with van der Waals surface area (Å²) in [5.41, 5.74) is 0. The molecule has 0 bridgehead atoms. The number of aromatic nitrogens is 2. The number of nitrogens with zero attached hydrogens (tertiary/aromatic N) is 3. The second kappa shape index (κ2) is 5.12. The number of hydrogen-bond acceptors (Lipinski definition) is 3. The van der Waals surface area contributed by atoms with Crippen LogP contribution in [0, 0.1) is 0 Å². The number of amides is 1. The zero-order valence-corrected chi connectivity index (χ0v) is 9.59. The summed E-state index contributed by atoms with van der Waals surface area (Å²) in [6, 6.07) is 1.84. The first-order valence-electron chi connectivity index (χ1n) is 5.77. The first kappa shape index (κ1) is 11.1. The van der Waals surface area contributed by atoms with Crippen LogP contribution in [-0.2, 0) is 11.3 Å². The summed E-state index contributed by atoms with van der Waals surface area (Å²) >= 11 is 0. The van der Waals surface area contributed by atoms with Gasteiger partial charge in [-0.25, -0.2) is 0 Å². The fourth-order valence-corrected chi connectivity index (χ4v) is 1.94. The van der Waals surface area contributed by atoms with Crippen molar-refractivity contribution in [2.75, 3.05) is 19.6 Å². The molecule has 1 unspecified atom stereocenters. The van der Waals surface area contributed by atoms with Gasteiger partial charge in [-0.15, -0.1) is 0 Å². The third-order valence-electron chi connectivity index (χ3n) is 2.90. The first-order valence-corrected chi connectivity index (χ1v) is 5.77. The SMILES string of the molecule is CC1NCCCN(CCn2cccn2)C1=O. The smallest absolute Gasteiger partial charge is 0.239 e. The largest absolute Gasteiger partial charge is 0.339 e. The molecule has 88 valence electrons. The summed E-state index contributed by atoms with van der Waals surface area (Å²) in [5.74, 6) is 0.199. The van der Waals surface area contributed by atoms with Gasteiger partial charge in [-0.3, -0.25) is 9.48 Å². The number of hydrogen-bond donors (Lipinski definition) is 1.